The molecule has 1 aromatic carbocycles. The van der Waals surface area contributed by atoms with Crippen molar-refractivity contribution in [3.63, 3.8) is 0 Å². The van der Waals surface area contributed by atoms with Crippen LogP contribution in [0.4, 0.5) is 0 Å². The molecule has 0 saturated carbocycles. The van der Waals surface area contributed by atoms with Gasteiger partial charge < -0.3 is 9.32 Å². The Labute approximate surface area is 194 Å². The maximum atomic E-state index is 12.9. The number of rotatable bonds is 7. The third-order valence-corrected chi connectivity index (χ3v) is 8.66. The quantitative estimate of drug-likeness (QED) is 0.462. The van der Waals surface area contributed by atoms with Crippen molar-refractivity contribution >= 4 is 39.0 Å². The van der Waals surface area contributed by atoms with E-state index in [2.05, 4.69) is 15.2 Å². The molecule has 12 heteroatoms. The molecule has 1 aliphatic rings. The number of thioether (sulfide) groups is 1. The first-order chi connectivity index (χ1) is 15.3. The Bertz CT molecular complexity index is 1170. The minimum Gasteiger partial charge on any atom is -0.416 e. The number of hydrogen-bond acceptors (Lipinski definition) is 9. The van der Waals surface area contributed by atoms with Crippen LogP contribution in [0.1, 0.15) is 23.5 Å². The molecule has 1 fully saturated rings. The molecule has 1 unspecified atom stereocenters. The molecule has 3 aromatic rings. The fourth-order valence-corrected chi connectivity index (χ4v) is 6.19. The van der Waals surface area contributed by atoms with Crippen molar-refractivity contribution in [3.05, 3.63) is 52.3 Å². The average Bonchev–Trinajstić information content (AvgIpc) is 3.42. The van der Waals surface area contributed by atoms with Gasteiger partial charge in [-0.25, -0.2) is 13.4 Å². The summed E-state index contributed by atoms with van der Waals surface area (Å²) >= 11 is 2.77. The normalized spacial score (nSPS) is 16.2. The van der Waals surface area contributed by atoms with Gasteiger partial charge in [0, 0.05) is 31.6 Å². The molecule has 1 saturated heterocycles. The number of aryl methyl sites for hydroxylation is 1. The SMILES string of the molecule is Cc1nc(Cc2nnc(SC(C)C(=O)N3CCN(S(=O)(=O)c4ccccc4)CC3)o2)cs1. The van der Waals surface area contributed by atoms with Crippen LogP contribution in [0.3, 0.4) is 0 Å². The summed E-state index contributed by atoms with van der Waals surface area (Å²) in [5.41, 5.74) is 0.875. The Hall–Kier alpha value is -2.28. The monoisotopic (exact) mass is 493 g/mol. The minimum absolute atomic E-state index is 0.0818. The van der Waals surface area contributed by atoms with Crippen molar-refractivity contribution in [2.45, 2.75) is 35.6 Å². The highest BCUT2D eigenvalue weighted by Gasteiger charge is 2.32. The van der Waals surface area contributed by atoms with E-state index >= 15 is 0 Å². The molecule has 1 amide bonds. The lowest BCUT2D eigenvalue weighted by Gasteiger charge is -2.35. The molecule has 170 valence electrons. The summed E-state index contributed by atoms with van der Waals surface area (Å²) in [7, 11) is -3.55. The first kappa shape index (κ1) is 22.9. The van der Waals surface area contributed by atoms with E-state index in [1.165, 1.54) is 16.1 Å². The van der Waals surface area contributed by atoms with E-state index in [0.717, 1.165) is 10.7 Å². The highest BCUT2D eigenvalue weighted by Crippen LogP contribution is 2.25. The number of nitrogens with zero attached hydrogens (tertiary/aromatic N) is 5. The largest absolute Gasteiger partial charge is 0.416 e. The van der Waals surface area contributed by atoms with Crippen LogP contribution in [0.15, 0.2) is 50.2 Å². The zero-order valence-electron chi connectivity index (χ0n) is 17.7. The summed E-state index contributed by atoms with van der Waals surface area (Å²) < 4.78 is 32.6. The van der Waals surface area contributed by atoms with Gasteiger partial charge in [0.25, 0.3) is 5.22 Å². The summed E-state index contributed by atoms with van der Waals surface area (Å²) in [4.78, 5) is 19.2. The van der Waals surface area contributed by atoms with Gasteiger partial charge in [-0.3, -0.25) is 4.79 Å². The average molecular weight is 494 g/mol. The van der Waals surface area contributed by atoms with E-state index in [0.29, 0.717) is 30.6 Å². The second-order valence-corrected chi connectivity index (χ2v) is 11.6. The molecule has 1 aliphatic heterocycles. The van der Waals surface area contributed by atoms with Crippen LogP contribution in [0.25, 0.3) is 0 Å². The lowest BCUT2D eigenvalue weighted by atomic mass is 10.3. The van der Waals surface area contributed by atoms with Crippen molar-refractivity contribution < 1.29 is 17.6 Å². The van der Waals surface area contributed by atoms with E-state index in [1.54, 1.807) is 53.5 Å². The number of aromatic nitrogens is 3. The molecule has 4 rings (SSSR count). The van der Waals surface area contributed by atoms with Gasteiger partial charge in [0.15, 0.2) is 0 Å². The van der Waals surface area contributed by atoms with Gasteiger partial charge in [0.2, 0.25) is 21.8 Å². The van der Waals surface area contributed by atoms with E-state index in [-0.39, 0.29) is 23.9 Å². The molecular formula is C20H23N5O4S3. The molecule has 0 bridgehead atoms. The number of hydrogen-bond donors (Lipinski definition) is 0. The molecule has 9 nitrogen and oxygen atoms in total. The number of carbonyl (C=O) groups excluding carboxylic acids is 1. The maximum absolute atomic E-state index is 12.9. The number of sulfonamides is 1. The molecule has 0 N–H and O–H groups in total. The smallest absolute Gasteiger partial charge is 0.277 e. The summed E-state index contributed by atoms with van der Waals surface area (Å²) in [5, 5.41) is 10.9. The number of amides is 1. The van der Waals surface area contributed by atoms with E-state index in [1.807, 2.05) is 12.3 Å². The fourth-order valence-electron chi connectivity index (χ4n) is 3.35. The summed E-state index contributed by atoms with van der Waals surface area (Å²) in [6, 6.07) is 8.35. The molecule has 0 aliphatic carbocycles. The van der Waals surface area contributed by atoms with Crippen molar-refractivity contribution in [2.75, 3.05) is 26.2 Å². The number of carbonyl (C=O) groups is 1. The third-order valence-electron chi connectivity index (χ3n) is 5.00. The summed E-state index contributed by atoms with van der Waals surface area (Å²) in [6.07, 6.45) is 0.456. The predicted molar refractivity (Wildman–Crippen MR) is 121 cm³/mol. The van der Waals surface area contributed by atoms with Crippen LogP contribution < -0.4 is 0 Å². The Morgan fingerprint density at radius 3 is 2.56 bits per heavy atom. The van der Waals surface area contributed by atoms with Gasteiger partial charge in [-0.05, 0) is 26.0 Å². The first-order valence-corrected chi connectivity index (χ1v) is 13.3. The molecule has 32 heavy (non-hydrogen) atoms. The van der Waals surface area contributed by atoms with Crippen LogP contribution in [0.2, 0.25) is 0 Å². The van der Waals surface area contributed by atoms with Crippen LogP contribution in [0, 0.1) is 6.92 Å². The van der Waals surface area contributed by atoms with Gasteiger partial charge in [-0.15, -0.1) is 21.5 Å². The molecule has 0 radical (unpaired) electrons. The van der Waals surface area contributed by atoms with E-state index < -0.39 is 15.3 Å². The van der Waals surface area contributed by atoms with Crippen LogP contribution >= 0.6 is 23.1 Å². The second-order valence-electron chi connectivity index (χ2n) is 7.30. The fraction of sp³-hybridized carbons (Fsp3) is 0.400. The topological polar surface area (TPSA) is 110 Å². The molecular weight excluding hydrogens is 470 g/mol. The highest BCUT2D eigenvalue weighted by atomic mass is 32.2. The van der Waals surface area contributed by atoms with Crippen molar-refractivity contribution in [1.82, 2.24) is 24.4 Å². The Kier molecular flexibility index (Phi) is 6.93. The van der Waals surface area contributed by atoms with Crippen LogP contribution in [-0.2, 0) is 21.2 Å². The Balaban J connectivity index is 1.30. The third kappa shape index (κ3) is 5.20. The zero-order valence-corrected chi connectivity index (χ0v) is 20.1. The standard InChI is InChI=1S/C20H23N5O4S3/c1-14(31-20-23-22-18(29-20)12-16-13-30-15(2)21-16)19(26)24-8-10-25(11-9-24)32(27,28)17-6-4-3-5-7-17/h3-7,13-14H,8-12H2,1-2H3. The van der Waals surface area contributed by atoms with E-state index in [4.69, 9.17) is 4.42 Å². The lowest BCUT2D eigenvalue weighted by Crippen LogP contribution is -2.52. The number of thiazole rings is 1. The summed E-state index contributed by atoms with van der Waals surface area (Å²) in [5.74, 6) is 0.374. The Morgan fingerprint density at radius 2 is 1.91 bits per heavy atom. The lowest BCUT2D eigenvalue weighted by molar-refractivity contribution is -0.131. The maximum Gasteiger partial charge on any atom is 0.277 e. The van der Waals surface area contributed by atoms with Crippen LogP contribution in [-0.4, -0.2) is 70.1 Å². The predicted octanol–water partition coefficient (Wildman–Crippen LogP) is 2.44. The van der Waals surface area contributed by atoms with E-state index in [9.17, 15) is 13.2 Å². The summed E-state index contributed by atoms with van der Waals surface area (Å²) in [6.45, 7) is 4.93. The van der Waals surface area contributed by atoms with Gasteiger partial charge in [-0.1, -0.05) is 30.0 Å². The number of piperazine rings is 1. The van der Waals surface area contributed by atoms with Crippen molar-refractivity contribution in [2.24, 2.45) is 0 Å². The van der Waals surface area contributed by atoms with Gasteiger partial charge in [-0.2, -0.15) is 4.31 Å². The Morgan fingerprint density at radius 1 is 1.19 bits per heavy atom. The van der Waals surface area contributed by atoms with Gasteiger partial charge in [0.1, 0.15) is 0 Å². The highest BCUT2D eigenvalue weighted by molar-refractivity contribution is 8.00. The second kappa shape index (κ2) is 9.69. The minimum atomic E-state index is -3.55. The van der Waals surface area contributed by atoms with Crippen molar-refractivity contribution in [3.8, 4) is 0 Å². The van der Waals surface area contributed by atoms with Crippen molar-refractivity contribution in [1.29, 1.82) is 0 Å². The molecule has 1 atom stereocenters. The van der Waals surface area contributed by atoms with Gasteiger partial charge >= 0.3 is 0 Å². The van der Waals surface area contributed by atoms with Gasteiger partial charge in [0.05, 0.1) is 27.3 Å². The molecule has 2 aromatic heterocycles. The molecule has 0 spiro atoms. The van der Waals surface area contributed by atoms with Crippen LogP contribution in [0.5, 0.6) is 0 Å². The molecule has 3 heterocycles. The first-order valence-electron chi connectivity index (χ1n) is 10.1. The number of benzene rings is 1. The zero-order chi connectivity index (χ0) is 22.7.